The van der Waals surface area contributed by atoms with Gasteiger partial charge >= 0.3 is 0 Å². The molecule has 1 heterocycles. The minimum Gasteiger partial charge on any atom is -0.360 e. The molecule has 7 heteroatoms. The molecular weight excluding hydrogens is 356 g/mol. The fourth-order valence-electron chi connectivity index (χ4n) is 3.64. The molecule has 2 N–H and O–H groups in total. The quantitative estimate of drug-likeness (QED) is 0.610. The van der Waals surface area contributed by atoms with Crippen molar-refractivity contribution >= 4 is 23.0 Å². The number of nitrogens with one attached hydrogen (secondary N) is 2. The Morgan fingerprint density at radius 2 is 1.86 bits per heavy atom. The second kappa shape index (κ2) is 8.39. The van der Waals surface area contributed by atoms with Gasteiger partial charge in [-0.1, -0.05) is 12.1 Å². The molecule has 1 amide bonds. The molecule has 0 aromatic heterocycles. The van der Waals surface area contributed by atoms with Gasteiger partial charge in [0.2, 0.25) is 0 Å². The number of anilines is 2. The van der Waals surface area contributed by atoms with Crippen LogP contribution in [0, 0.1) is 30.9 Å². The summed E-state index contributed by atoms with van der Waals surface area (Å²) in [5, 5.41) is 13.7. The summed E-state index contributed by atoms with van der Waals surface area (Å²) in [5.74, 6) is -0.0628. The topological polar surface area (TPSA) is 79.9 Å². The zero-order chi connectivity index (χ0) is 20.3. The lowest BCUT2D eigenvalue weighted by molar-refractivity contribution is -0.892. The number of amides is 1. The minimum absolute atomic E-state index is 0.0312. The van der Waals surface area contributed by atoms with E-state index in [1.807, 2.05) is 0 Å². The number of carbonyl (C=O) groups excluding carboxylic acids is 1. The molecule has 0 bridgehead atoms. The number of benzene rings is 2. The van der Waals surface area contributed by atoms with Gasteiger partial charge in [0.15, 0.2) is 6.54 Å². The van der Waals surface area contributed by atoms with Gasteiger partial charge in [-0.25, -0.2) is 0 Å². The maximum Gasteiger partial charge on any atom is 0.279 e. The lowest BCUT2D eigenvalue weighted by Gasteiger charge is -2.34. The summed E-state index contributed by atoms with van der Waals surface area (Å²) in [6, 6.07) is 10.9. The predicted molar refractivity (Wildman–Crippen MR) is 110 cm³/mol. The van der Waals surface area contributed by atoms with E-state index in [-0.39, 0.29) is 11.6 Å². The highest BCUT2D eigenvalue weighted by molar-refractivity contribution is 5.92. The van der Waals surface area contributed by atoms with E-state index < -0.39 is 4.92 Å². The molecule has 0 spiro atoms. The first kappa shape index (κ1) is 19.8. The van der Waals surface area contributed by atoms with Gasteiger partial charge in [0, 0.05) is 23.5 Å². The number of nitro benzene ring substituents is 1. The summed E-state index contributed by atoms with van der Waals surface area (Å²) in [6.45, 7) is 10.1. The Labute approximate surface area is 165 Å². The van der Waals surface area contributed by atoms with E-state index in [0.717, 1.165) is 26.2 Å². The normalized spacial score (nSPS) is 14.8. The van der Waals surface area contributed by atoms with Crippen LogP contribution in [0.2, 0.25) is 0 Å². The number of carbonyl (C=O) groups is 1. The molecule has 0 saturated carbocycles. The fraction of sp³-hybridized carbons (Fsp3) is 0.381. The number of piperazine rings is 1. The van der Waals surface area contributed by atoms with Gasteiger partial charge in [0.05, 0.1) is 31.1 Å². The SMILES string of the molecule is Cc1cc([N+](=O)[O-])ccc1NC(=O)C[NH+]1CCN(c2cccc(C)c2C)CC1. The minimum atomic E-state index is -0.432. The predicted octanol–water partition coefficient (Wildman–Crippen LogP) is 1.86. The Hall–Kier alpha value is -2.93. The largest absolute Gasteiger partial charge is 0.360 e. The monoisotopic (exact) mass is 383 g/mol. The van der Waals surface area contributed by atoms with Crippen LogP contribution in [-0.4, -0.2) is 43.6 Å². The Bertz CT molecular complexity index is 889. The number of rotatable bonds is 5. The molecule has 3 rings (SSSR count). The van der Waals surface area contributed by atoms with Gasteiger partial charge in [-0.15, -0.1) is 0 Å². The molecule has 148 valence electrons. The van der Waals surface area contributed by atoms with Crippen molar-refractivity contribution in [2.24, 2.45) is 0 Å². The van der Waals surface area contributed by atoms with Crippen LogP contribution in [0.15, 0.2) is 36.4 Å². The highest BCUT2D eigenvalue weighted by Crippen LogP contribution is 2.23. The number of quaternary nitrogens is 1. The van der Waals surface area contributed by atoms with Crippen LogP contribution in [0.3, 0.4) is 0 Å². The van der Waals surface area contributed by atoms with Crippen molar-refractivity contribution in [3.05, 3.63) is 63.2 Å². The van der Waals surface area contributed by atoms with E-state index in [9.17, 15) is 14.9 Å². The van der Waals surface area contributed by atoms with Crippen LogP contribution in [0.4, 0.5) is 17.1 Å². The zero-order valence-corrected chi connectivity index (χ0v) is 16.6. The van der Waals surface area contributed by atoms with E-state index in [1.54, 1.807) is 13.0 Å². The third-order valence-electron chi connectivity index (χ3n) is 5.49. The summed E-state index contributed by atoms with van der Waals surface area (Å²) in [7, 11) is 0. The zero-order valence-electron chi connectivity index (χ0n) is 16.6. The second-order valence-electron chi connectivity index (χ2n) is 7.44. The third kappa shape index (κ3) is 4.48. The summed E-state index contributed by atoms with van der Waals surface area (Å²) < 4.78 is 0. The molecule has 1 saturated heterocycles. The first-order valence-electron chi connectivity index (χ1n) is 9.55. The van der Waals surface area contributed by atoms with Gasteiger partial charge in [0.25, 0.3) is 11.6 Å². The van der Waals surface area contributed by atoms with Crippen molar-refractivity contribution < 1.29 is 14.6 Å². The van der Waals surface area contributed by atoms with Crippen molar-refractivity contribution in [3.8, 4) is 0 Å². The lowest BCUT2D eigenvalue weighted by atomic mass is 10.1. The van der Waals surface area contributed by atoms with Crippen LogP contribution in [0.5, 0.6) is 0 Å². The fourth-order valence-corrected chi connectivity index (χ4v) is 3.64. The number of hydrogen-bond acceptors (Lipinski definition) is 4. The van der Waals surface area contributed by atoms with Crippen LogP contribution >= 0.6 is 0 Å². The molecule has 1 fully saturated rings. The van der Waals surface area contributed by atoms with E-state index >= 15 is 0 Å². The number of non-ortho nitro benzene ring substituents is 1. The number of nitrogens with zero attached hydrogens (tertiary/aromatic N) is 2. The molecule has 0 atom stereocenters. The van der Waals surface area contributed by atoms with Crippen molar-refractivity contribution in [3.63, 3.8) is 0 Å². The Morgan fingerprint density at radius 3 is 2.50 bits per heavy atom. The molecule has 28 heavy (non-hydrogen) atoms. The molecular formula is C21H27N4O3+. The van der Waals surface area contributed by atoms with E-state index in [1.165, 1.54) is 33.8 Å². The molecule has 2 aromatic rings. The van der Waals surface area contributed by atoms with Gasteiger partial charge in [-0.3, -0.25) is 14.9 Å². The molecule has 1 aliphatic rings. The lowest BCUT2D eigenvalue weighted by Crippen LogP contribution is -3.15. The maximum atomic E-state index is 12.4. The standard InChI is InChI=1S/C21H26N4O3/c1-15-5-4-6-20(17(15)3)24-11-9-23(10-12-24)14-21(26)22-19-8-7-18(25(27)28)13-16(19)2/h4-8,13H,9-12,14H2,1-3H3,(H,22,26)/p+1. The smallest absolute Gasteiger partial charge is 0.279 e. The Kier molecular flexibility index (Phi) is 5.94. The summed E-state index contributed by atoms with van der Waals surface area (Å²) >= 11 is 0. The van der Waals surface area contributed by atoms with Gasteiger partial charge in [0.1, 0.15) is 0 Å². The van der Waals surface area contributed by atoms with Crippen molar-refractivity contribution in [2.75, 3.05) is 42.9 Å². The summed E-state index contributed by atoms with van der Waals surface area (Å²) in [6.07, 6.45) is 0. The maximum absolute atomic E-state index is 12.4. The van der Waals surface area contributed by atoms with E-state index in [4.69, 9.17) is 0 Å². The van der Waals surface area contributed by atoms with Gasteiger partial charge in [-0.2, -0.15) is 0 Å². The Balaban J connectivity index is 1.54. The van der Waals surface area contributed by atoms with Gasteiger partial charge < -0.3 is 15.1 Å². The molecule has 7 nitrogen and oxygen atoms in total. The van der Waals surface area contributed by atoms with E-state index in [0.29, 0.717) is 17.8 Å². The van der Waals surface area contributed by atoms with Crippen molar-refractivity contribution in [1.82, 2.24) is 0 Å². The summed E-state index contributed by atoms with van der Waals surface area (Å²) in [5.41, 5.74) is 5.25. The first-order chi connectivity index (χ1) is 13.3. The van der Waals surface area contributed by atoms with Crippen LogP contribution in [-0.2, 0) is 4.79 Å². The number of hydrogen-bond donors (Lipinski definition) is 2. The van der Waals surface area contributed by atoms with Crippen LogP contribution in [0.1, 0.15) is 16.7 Å². The van der Waals surface area contributed by atoms with Crippen LogP contribution in [0.25, 0.3) is 0 Å². The number of nitro groups is 1. The highest BCUT2D eigenvalue weighted by Gasteiger charge is 2.23. The van der Waals surface area contributed by atoms with Crippen LogP contribution < -0.4 is 15.1 Å². The second-order valence-corrected chi connectivity index (χ2v) is 7.44. The molecule has 1 aliphatic heterocycles. The molecule has 0 radical (unpaired) electrons. The average molecular weight is 383 g/mol. The Morgan fingerprint density at radius 1 is 1.14 bits per heavy atom. The molecule has 0 aliphatic carbocycles. The molecule has 2 aromatic carbocycles. The highest BCUT2D eigenvalue weighted by atomic mass is 16.6. The average Bonchev–Trinajstić information content (AvgIpc) is 2.66. The first-order valence-corrected chi connectivity index (χ1v) is 9.55. The van der Waals surface area contributed by atoms with Gasteiger partial charge in [-0.05, 0) is 49.6 Å². The number of aryl methyl sites for hydroxylation is 2. The summed E-state index contributed by atoms with van der Waals surface area (Å²) in [4.78, 5) is 26.5. The van der Waals surface area contributed by atoms with Crippen molar-refractivity contribution in [2.45, 2.75) is 20.8 Å². The molecule has 0 unspecified atom stereocenters. The third-order valence-corrected chi connectivity index (χ3v) is 5.49. The van der Waals surface area contributed by atoms with E-state index in [2.05, 4.69) is 42.3 Å². The van der Waals surface area contributed by atoms with Crippen molar-refractivity contribution in [1.29, 1.82) is 0 Å².